The Kier molecular flexibility index (Phi) is 6.99. The number of rotatable bonds is 8. The van der Waals surface area contributed by atoms with Crippen molar-refractivity contribution in [3.05, 3.63) is 87.6 Å². The molecule has 0 bridgehead atoms. The molecule has 1 aliphatic heterocycles. The maximum absolute atomic E-state index is 12.7. The molecule has 0 unspecified atom stereocenters. The van der Waals surface area contributed by atoms with Gasteiger partial charge >= 0.3 is 0 Å². The van der Waals surface area contributed by atoms with Gasteiger partial charge in [-0.05, 0) is 67.1 Å². The Bertz CT molecular complexity index is 1200. The van der Waals surface area contributed by atoms with Crippen molar-refractivity contribution < 1.29 is 13.2 Å². The van der Waals surface area contributed by atoms with Gasteiger partial charge in [-0.3, -0.25) is 9.69 Å². The summed E-state index contributed by atoms with van der Waals surface area (Å²) < 4.78 is 27.6. The third-order valence-corrected chi connectivity index (χ3v) is 8.41. The van der Waals surface area contributed by atoms with Gasteiger partial charge in [0.25, 0.3) is 5.91 Å². The summed E-state index contributed by atoms with van der Waals surface area (Å²) in [6, 6.07) is 18.3. The highest BCUT2D eigenvalue weighted by Gasteiger charge is 2.30. The smallest absolute Gasteiger partial charge is 0.251 e. The first-order valence-electron chi connectivity index (χ1n) is 11.0. The minimum Gasteiger partial charge on any atom is -0.350 e. The normalized spacial score (nSPS) is 14.6. The van der Waals surface area contributed by atoms with E-state index < -0.39 is 10.0 Å². The zero-order valence-electron chi connectivity index (χ0n) is 18.9. The molecular weight excluding hydrogens is 454 g/mol. The average Bonchev–Trinajstić information content (AvgIpc) is 3.35. The number of hydrogen-bond acceptors (Lipinski definition) is 5. The molecule has 2 heterocycles. The third kappa shape index (κ3) is 5.70. The molecule has 3 aromatic rings. The largest absolute Gasteiger partial charge is 0.350 e. The minimum atomic E-state index is -3.64. The number of fused-ring (bicyclic) bond motifs is 1. The van der Waals surface area contributed by atoms with Gasteiger partial charge in [0.2, 0.25) is 10.0 Å². The predicted molar refractivity (Wildman–Crippen MR) is 132 cm³/mol. The van der Waals surface area contributed by atoms with E-state index >= 15 is 0 Å². The number of amides is 1. The van der Waals surface area contributed by atoms with E-state index in [0.717, 1.165) is 24.4 Å². The van der Waals surface area contributed by atoms with E-state index in [1.807, 2.05) is 17.5 Å². The Morgan fingerprint density at radius 1 is 1.03 bits per heavy atom. The van der Waals surface area contributed by atoms with Crippen LogP contribution in [0.4, 0.5) is 0 Å². The van der Waals surface area contributed by atoms with Gasteiger partial charge in [-0.2, -0.15) is 0 Å². The van der Waals surface area contributed by atoms with Gasteiger partial charge in [0, 0.05) is 42.2 Å². The van der Waals surface area contributed by atoms with Crippen LogP contribution in [-0.2, 0) is 29.5 Å². The number of benzene rings is 2. The standard InChI is InChI=1S/C25H29N3O3S2/c1-25(2,28-14-13-19-6-3-4-7-21(19)17-28)18-26-24(29)20-9-11-23(12-10-20)33(30,31)27-16-22-8-5-15-32-22/h3-12,15,27H,13-14,16-18H2,1-2H3,(H,26,29). The molecule has 1 aromatic heterocycles. The van der Waals surface area contributed by atoms with Gasteiger partial charge in [-0.15, -0.1) is 11.3 Å². The van der Waals surface area contributed by atoms with Crippen LogP contribution in [0.3, 0.4) is 0 Å². The molecule has 8 heteroatoms. The van der Waals surface area contributed by atoms with E-state index in [1.54, 1.807) is 12.1 Å². The Hall–Kier alpha value is -2.52. The Labute approximate surface area is 199 Å². The molecular formula is C25H29N3O3S2. The minimum absolute atomic E-state index is 0.142. The molecule has 2 aromatic carbocycles. The highest BCUT2D eigenvalue weighted by molar-refractivity contribution is 7.89. The van der Waals surface area contributed by atoms with Crippen molar-refractivity contribution in [1.82, 2.24) is 14.9 Å². The molecule has 6 nitrogen and oxygen atoms in total. The maximum atomic E-state index is 12.7. The second kappa shape index (κ2) is 9.77. The van der Waals surface area contributed by atoms with Crippen molar-refractivity contribution in [3.8, 4) is 0 Å². The van der Waals surface area contributed by atoms with Crippen molar-refractivity contribution in [2.75, 3.05) is 13.1 Å². The highest BCUT2D eigenvalue weighted by Crippen LogP contribution is 2.25. The van der Waals surface area contributed by atoms with E-state index in [4.69, 9.17) is 0 Å². The number of sulfonamides is 1. The molecule has 0 aliphatic carbocycles. The van der Waals surface area contributed by atoms with Gasteiger partial charge in [0.05, 0.1) is 4.90 Å². The van der Waals surface area contributed by atoms with Crippen LogP contribution in [0, 0.1) is 0 Å². The van der Waals surface area contributed by atoms with E-state index in [9.17, 15) is 13.2 Å². The van der Waals surface area contributed by atoms with Crippen molar-refractivity contribution in [1.29, 1.82) is 0 Å². The Morgan fingerprint density at radius 2 is 1.76 bits per heavy atom. The molecule has 4 rings (SSSR count). The fourth-order valence-electron chi connectivity index (χ4n) is 3.97. The zero-order chi connectivity index (χ0) is 23.5. The summed E-state index contributed by atoms with van der Waals surface area (Å²) in [5.74, 6) is -0.212. The van der Waals surface area contributed by atoms with Gasteiger partial charge in [0.15, 0.2) is 0 Å². The quantitative estimate of drug-likeness (QED) is 0.511. The topological polar surface area (TPSA) is 78.5 Å². The molecule has 0 saturated heterocycles. The van der Waals surface area contributed by atoms with Crippen LogP contribution in [0.1, 0.15) is 40.2 Å². The van der Waals surface area contributed by atoms with Gasteiger partial charge in [-0.25, -0.2) is 13.1 Å². The molecule has 1 amide bonds. The van der Waals surface area contributed by atoms with Crippen molar-refractivity contribution in [3.63, 3.8) is 0 Å². The molecule has 0 spiro atoms. The lowest BCUT2D eigenvalue weighted by molar-refractivity contribution is 0.0826. The summed E-state index contributed by atoms with van der Waals surface area (Å²) in [4.78, 5) is 16.2. The Balaban J connectivity index is 1.34. The van der Waals surface area contributed by atoms with Crippen LogP contribution < -0.4 is 10.0 Å². The average molecular weight is 484 g/mol. The molecule has 2 N–H and O–H groups in total. The van der Waals surface area contributed by atoms with Crippen molar-refractivity contribution in [2.24, 2.45) is 0 Å². The highest BCUT2D eigenvalue weighted by atomic mass is 32.2. The van der Waals surface area contributed by atoms with Gasteiger partial charge < -0.3 is 5.32 Å². The van der Waals surface area contributed by atoms with Crippen LogP contribution in [0.5, 0.6) is 0 Å². The molecule has 0 saturated carbocycles. The fourth-order valence-corrected chi connectivity index (χ4v) is 5.71. The lowest BCUT2D eigenvalue weighted by Crippen LogP contribution is -2.53. The van der Waals surface area contributed by atoms with E-state index in [-0.39, 0.29) is 22.9 Å². The van der Waals surface area contributed by atoms with Crippen molar-refractivity contribution in [2.45, 2.75) is 43.8 Å². The third-order valence-electron chi connectivity index (χ3n) is 6.11. The number of hydrogen-bond donors (Lipinski definition) is 2. The SMILES string of the molecule is CC(C)(CNC(=O)c1ccc(S(=O)(=O)NCc2cccs2)cc1)N1CCc2ccccc2C1. The second-order valence-corrected chi connectivity index (χ2v) is 11.7. The molecule has 174 valence electrons. The van der Waals surface area contributed by atoms with Crippen molar-refractivity contribution >= 4 is 27.3 Å². The first kappa shape index (κ1) is 23.6. The lowest BCUT2D eigenvalue weighted by Gasteiger charge is -2.41. The second-order valence-electron chi connectivity index (χ2n) is 8.86. The fraction of sp³-hybridized carbons (Fsp3) is 0.320. The summed E-state index contributed by atoms with van der Waals surface area (Å²) >= 11 is 1.50. The summed E-state index contributed by atoms with van der Waals surface area (Å²) in [5, 5.41) is 4.92. The molecule has 0 fully saturated rings. The van der Waals surface area contributed by atoms with E-state index in [0.29, 0.717) is 12.1 Å². The molecule has 33 heavy (non-hydrogen) atoms. The predicted octanol–water partition coefficient (Wildman–Crippen LogP) is 3.79. The Morgan fingerprint density at radius 3 is 2.45 bits per heavy atom. The first-order valence-corrected chi connectivity index (χ1v) is 13.3. The number of thiophene rings is 1. The summed E-state index contributed by atoms with van der Waals surface area (Å²) in [6.45, 7) is 6.83. The number of nitrogens with one attached hydrogen (secondary N) is 2. The van der Waals surface area contributed by atoms with Crippen LogP contribution in [-0.4, -0.2) is 37.9 Å². The molecule has 0 atom stereocenters. The van der Waals surface area contributed by atoms with Crippen LogP contribution in [0.15, 0.2) is 70.9 Å². The first-order chi connectivity index (χ1) is 15.7. The maximum Gasteiger partial charge on any atom is 0.251 e. The zero-order valence-corrected chi connectivity index (χ0v) is 20.5. The summed E-state index contributed by atoms with van der Waals surface area (Å²) in [7, 11) is -3.64. The van der Waals surface area contributed by atoms with Crippen LogP contribution >= 0.6 is 11.3 Å². The monoisotopic (exact) mass is 483 g/mol. The van der Waals surface area contributed by atoms with E-state index in [1.165, 1.54) is 34.6 Å². The summed E-state index contributed by atoms with van der Waals surface area (Å²) in [6.07, 6.45) is 1.00. The molecule has 1 aliphatic rings. The number of carbonyl (C=O) groups excluding carboxylic acids is 1. The molecule has 0 radical (unpaired) electrons. The van der Waals surface area contributed by atoms with E-state index in [2.05, 4.69) is 53.1 Å². The van der Waals surface area contributed by atoms with Crippen LogP contribution in [0.25, 0.3) is 0 Å². The number of carbonyl (C=O) groups is 1. The number of nitrogens with zero attached hydrogens (tertiary/aromatic N) is 1. The lowest BCUT2D eigenvalue weighted by atomic mass is 9.94. The van der Waals surface area contributed by atoms with Gasteiger partial charge in [0.1, 0.15) is 0 Å². The summed E-state index contributed by atoms with van der Waals surface area (Å²) in [5.41, 5.74) is 2.96. The van der Waals surface area contributed by atoms with Gasteiger partial charge in [-0.1, -0.05) is 30.3 Å². The van der Waals surface area contributed by atoms with Crippen LogP contribution in [0.2, 0.25) is 0 Å².